The van der Waals surface area contributed by atoms with Gasteiger partial charge in [0.1, 0.15) is 6.54 Å². The normalized spacial score (nSPS) is 15.0. The van der Waals surface area contributed by atoms with Crippen molar-refractivity contribution in [2.24, 2.45) is 0 Å². The highest BCUT2D eigenvalue weighted by Crippen LogP contribution is 2.24. The molecule has 0 unspecified atom stereocenters. The van der Waals surface area contributed by atoms with Gasteiger partial charge in [-0.2, -0.15) is 0 Å². The third-order valence-electron chi connectivity index (χ3n) is 4.66. The predicted molar refractivity (Wildman–Crippen MR) is 103 cm³/mol. The van der Waals surface area contributed by atoms with E-state index in [2.05, 4.69) is 5.32 Å². The van der Waals surface area contributed by atoms with Crippen LogP contribution in [-0.2, 0) is 14.8 Å². The van der Waals surface area contributed by atoms with Gasteiger partial charge >= 0.3 is 0 Å². The summed E-state index contributed by atoms with van der Waals surface area (Å²) in [7, 11) is -3.83. The number of para-hydroxylation sites is 1. The first-order valence-corrected chi connectivity index (χ1v) is 10.3. The van der Waals surface area contributed by atoms with Gasteiger partial charge in [0, 0.05) is 6.04 Å². The Morgan fingerprint density at radius 1 is 1.04 bits per heavy atom. The molecule has 1 N–H and O–H groups in total. The fourth-order valence-corrected chi connectivity index (χ4v) is 4.64. The fourth-order valence-electron chi connectivity index (χ4n) is 3.22. The average Bonchev–Trinajstić information content (AvgIpc) is 3.13. The van der Waals surface area contributed by atoms with Crippen molar-refractivity contribution in [1.29, 1.82) is 0 Å². The van der Waals surface area contributed by atoms with Crippen molar-refractivity contribution in [2.45, 2.75) is 43.5 Å². The van der Waals surface area contributed by atoms with Crippen molar-refractivity contribution in [3.05, 3.63) is 60.2 Å². The molecular weight excluding hydrogens is 348 g/mol. The van der Waals surface area contributed by atoms with Crippen LogP contribution in [0.1, 0.15) is 31.2 Å². The van der Waals surface area contributed by atoms with Gasteiger partial charge in [-0.3, -0.25) is 9.10 Å². The van der Waals surface area contributed by atoms with Crippen molar-refractivity contribution >= 4 is 21.6 Å². The average molecular weight is 372 g/mol. The zero-order valence-corrected chi connectivity index (χ0v) is 15.7. The molecule has 26 heavy (non-hydrogen) atoms. The Morgan fingerprint density at radius 2 is 1.65 bits per heavy atom. The van der Waals surface area contributed by atoms with Crippen LogP contribution >= 0.6 is 0 Å². The number of sulfonamides is 1. The second-order valence-electron chi connectivity index (χ2n) is 6.71. The van der Waals surface area contributed by atoms with Gasteiger partial charge in [-0.1, -0.05) is 48.7 Å². The molecular formula is C20H24N2O3S. The lowest BCUT2D eigenvalue weighted by Gasteiger charge is -2.25. The van der Waals surface area contributed by atoms with Gasteiger partial charge < -0.3 is 5.32 Å². The number of carbonyl (C=O) groups excluding carboxylic acids is 1. The largest absolute Gasteiger partial charge is 0.352 e. The molecule has 1 saturated carbocycles. The molecule has 0 heterocycles. The van der Waals surface area contributed by atoms with E-state index in [-0.39, 0.29) is 23.4 Å². The van der Waals surface area contributed by atoms with Crippen molar-refractivity contribution in [3.8, 4) is 0 Å². The quantitative estimate of drug-likeness (QED) is 0.846. The van der Waals surface area contributed by atoms with E-state index in [0.29, 0.717) is 5.69 Å². The highest BCUT2D eigenvalue weighted by molar-refractivity contribution is 7.92. The number of carbonyl (C=O) groups is 1. The summed E-state index contributed by atoms with van der Waals surface area (Å²) >= 11 is 0. The number of nitrogens with zero attached hydrogens (tertiary/aromatic N) is 1. The summed E-state index contributed by atoms with van der Waals surface area (Å²) in [5.74, 6) is -0.267. The van der Waals surface area contributed by atoms with E-state index in [1.165, 1.54) is 4.31 Å². The minimum absolute atomic E-state index is 0.155. The number of hydrogen-bond acceptors (Lipinski definition) is 3. The summed E-state index contributed by atoms with van der Waals surface area (Å²) in [4.78, 5) is 12.7. The van der Waals surface area contributed by atoms with Gasteiger partial charge in [-0.25, -0.2) is 8.42 Å². The summed E-state index contributed by atoms with van der Waals surface area (Å²) < 4.78 is 27.5. The van der Waals surface area contributed by atoms with Gasteiger partial charge in [0.2, 0.25) is 5.91 Å². The number of benzene rings is 2. The second kappa shape index (κ2) is 7.91. The first-order valence-electron chi connectivity index (χ1n) is 8.90. The smallest absolute Gasteiger partial charge is 0.264 e. The highest BCUT2D eigenvalue weighted by atomic mass is 32.2. The molecule has 1 amide bonds. The van der Waals surface area contributed by atoms with Crippen LogP contribution in [0.2, 0.25) is 0 Å². The van der Waals surface area contributed by atoms with Crippen LogP contribution in [0.25, 0.3) is 0 Å². The van der Waals surface area contributed by atoms with Gasteiger partial charge in [0.25, 0.3) is 10.0 Å². The third kappa shape index (κ3) is 4.25. The summed E-state index contributed by atoms with van der Waals surface area (Å²) in [6.07, 6.45) is 4.13. The Kier molecular flexibility index (Phi) is 5.61. The van der Waals surface area contributed by atoms with Gasteiger partial charge in [-0.05, 0) is 44.0 Å². The lowest BCUT2D eigenvalue weighted by atomic mass is 10.2. The molecule has 0 aromatic heterocycles. The van der Waals surface area contributed by atoms with E-state index < -0.39 is 10.0 Å². The fraction of sp³-hybridized carbons (Fsp3) is 0.350. The maximum absolute atomic E-state index is 13.2. The van der Waals surface area contributed by atoms with Crippen molar-refractivity contribution in [2.75, 3.05) is 10.8 Å². The minimum Gasteiger partial charge on any atom is -0.352 e. The van der Waals surface area contributed by atoms with Gasteiger partial charge in [-0.15, -0.1) is 0 Å². The van der Waals surface area contributed by atoms with Crippen LogP contribution in [0.4, 0.5) is 5.69 Å². The van der Waals surface area contributed by atoms with E-state index in [4.69, 9.17) is 0 Å². The van der Waals surface area contributed by atoms with E-state index in [9.17, 15) is 13.2 Å². The Balaban J connectivity index is 1.88. The molecule has 6 heteroatoms. The highest BCUT2D eigenvalue weighted by Gasteiger charge is 2.28. The number of rotatable bonds is 6. The minimum atomic E-state index is -3.83. The molecule has 3 rings (SSSR count). The summed E-state index contributed by atoms with van der Waals surface area (Å²) in [6.45, 7) is 1.68. The molecule has 0 radical (unpaired) electrons. The summed E-state index contributed by atoms with van der Waals surface area (Å²) in [6, 6.07) is 15.6. The number of nitrogens with one attached hydrogen (secondary N) is 1. The van der Waals surface area contributed by atoms with E-state index in [0.717, 1.165) is 31.2 Å². The second-order valence-corrected chi connectivity index (χ2v) is 8.57. The third-order valence-corrected chi connectivity index (χ3v) is 6.45. The molecule has 0 spiro atoms. The number of anilines is 1. The van der Waals surface area contributed by atoms with Crippen LogP contribution in [0.3, 0.4) is 0 Å². The molecule has 1 aliphatic carbocycles. The standard InChI is InChI=1S/C20H24N2O3S/c1-16-11-13-19(14-12-16)26(24,25)22(18-9-3-2-4-10-18)15-20(23)21-17-7-5-6-8-17/h2-4,9-14,17H,5-8,15H2,1H3,(H,21,23). The van der Waals surface area contributed by atoms with Crippen LogP contribution < -0.4 is 9.62 Å². The molecule has 2 aromatic carbocycles. The molecule has 0 aliphatic heterocycles. The SMILES string of the molecule is Cc1ccc(S(=O)(=O)N(CC(=O)NC2CCCC2)c2ccccc2)cc1. The lowest BCUT2D eigenvalue weighted by Crippen LogP contribution is -2.43. The van der Waals surface area contributed by atoms with E-state index in [1.807, 2.05) is 13.0 Å². The van der Waals surface area contributed by atoms with Crippen LogP contribution in [-0.4, -0.2) is 26.9 Å². The first-order chi connectivity index (χ1) is 12.5. The molecule has 1 fully saturated rings. The Labute approximate surface area is 155 Å². The molecule has 1 aliphatic rings. The van der Waals surface area contributed by atoms with E-state index in [1.54, 1.807) is 48.5 Å². The van der Waals surface area contributed by atoms with Gasteiger partial charge in [0.05, 0.1) is 10.6 Å². The topological polar surface area (TPSA) is 66.5 Å². The number of aryl methyl sites for hydroxylation is 1. The van der Waals surface area contributed by atoms with Crippen molar-refractivity contribution < 1.29 is 13.2 Å². The number of amides is 1. The molecule has 138 valence electrons. The molecule has 5 nitrogen and oxygen atoms in total. The maximum Gasteiger partial charge on any atom is 0.264 e. The maximum atomic E-state index is 13.2. The van der Waals surface area contributed by atoms with E-state index >= 15 is 0 Å². The molecule has 0 saturated heterocycles. The summed E-state index contributed by atoms with van der Waals surface area (Å²) in [5.41, 5.74) is 1.46. The van der Waals surface area contributed by atoms with Crippen LogP contribution in [0, 0.1) is 6.92 Å². The lowest BCUT2D eigenvalue weighted by molar-refractivity contribution is -0.120. The summed E-state index contributed by atoms with van der Waals surface area (Å²) in [5, 5.41) is 2.97. The first kappa shape index (κ1) is 18.5. The van der Waals surface area contributed by atoms with Crippen molar-refractivity contribution in [1.82, 2.24) is 5.32 Å². The zero-order chi connectivity index (χ0) is 18.6. The zero-order valence-electron chi connectivity index (χ0n) is 14.9. The molecule has 0 bridgehead atoms. The number of hydrogen-bond donors (Lipinski definition) is 1. The van der Waals surface area contributed by atoms with Crippen LogP contribution in [0.15, 0.2) is 59.5 Å². The Hall–Kier alpha value is -2.34. The predicted octanol–water partition coefficient (Wildman–Crippen LogP) is 3.25. The monoisotopic (exact) mass is 372 g/mol. The van der Waals surface area contributed by atoms with Crippen LogP contribution in [0.5, 0.6) is 0 Å². The molecule has 0 atom stereocenters. The Bertz CT molecular complexity index is 842. The molecule has 2 aromatic rings. The Morgan fingerprint density at radius 3 is 2.27 bits per heavy atom. The van der Waals surface area contributed by atoms with Crippen molar-refractivity contribution in [3.63, 3.8) is 0 Å². The van der Waals surface area contributed by atoms with Gasteiger partial charge in [0.15, 0.2) is 0 Å².